The lowest BCUT2D eigenvalue weighted by atomic mass is 9.76. The van der Waals surface area contributed by atoms with E-state index in [2.05, 4.69) is 16.7 Å². The highest BCUT2D eigenvalue weighted by Gasteiger charge is 2.42. The van der Waals surface area contributed by atoms with Crippen LogP contribution < -0.4 is 16.4 Å². The summed E-state index contributed by atoms with van der Waals surface area (Å²) in [7, 11) is 0. The molecule has 4 N–H and O–H groups in total. The molecule has 5 heteroatoms. The molecule has 1 heterocycles. The number of carbonyl (C=O) groups excluding carboxylic acids is 1. The Labute approximate surface area is 88.3 Å². The fraction of sp³-hybridized carbons (Fsp3) is 0.600. The summed E-state index contributed by atoms with van der Waals surface area (Å²) >= 11 is 0. The monoisotopic (exact) mass is 206 g/mol. The smallest absolute Gasteiger partial charge is 0.321 e. The lowest BCUT2D eigenvalue weighted by Gasteiger charge is -2.40. The molecule has 1 saturated carbocycles. The van der Waals surface area contributed by atoms with E-state index in [1.165, 1.54) is 0 Å². The van der Waals surface area contributed by atoms with Crippen LogP contribution in [-0.2, 0) is 0 Å². The number of carbonyl (C=O) groups is 1. The van der Waals surface area contributed by atoms with Crippen LogP contribution in [0.2, 0.25) is 0 Å². The topological polar surface area (TPSA) is 90.9 Å². The largest absolute Gasteiger partial charge is 0.384 e. The second-order valence-corrected chi connectivity index (χ2v) is 4.12. The Hall–Kier alpha value is -1.70. The molecule has 5 nitrogen and oxygen atoms in total. The van der Waals surface area contributed by atoms with Crippen molar-refractivity contribution in [2.24, 2.45) is 5.73 Å². The fourth-order valence-corrected chi connectivity index (χ4v) is 2.45. The van der Waals surface area contributed by atoms with Crippen molar-refractivity contribution < 1.29 is 4.79 Å². The highest BCUT2D eigenvalue weighted by Crippen LogP contribution is 2.35. The second kappa shape index (κ2) is 3.46. The van der Waals surface area contributed by atoms with Gasteiger partial charge in [0, 0.05) is 0 Å². The summed E-state index contributed by atoms with van der Waals surface area (Å²) in [6.45, 7) is 0. The number of amides is 2. The van der Waals surface area contributed by atoms with Crippen molar-refractivity contribution in [2.45, 2.75) is 37.6 Å². The standard InChI is InChI=1S/C10H14N4O/c11-6-7-8(12)13-9(15)14-10(7)4-2-1-3-5-10/h1-5,12H2,(H2,13,14,15). The molecule has 0 saturated heterocycles. The van der Waals surface area contributed by atoms with Crippen LogP contribution in [0.5, 0.6) is 0 Å². The predicted octanol–water partition coefficient (Wildman–Crippen LogP) is 0.696. The molecule has 15 heavy (non-hydrogen) atoms. The number of nitrogens with one attached hydrogen (secondary N) is 2. The van der Waals surface area contributed by atoms with E-state index < -0.39 is 5.54 Å². The fourth-order valence-electron chi connectivity index (χ4n) is 2.45. The number of nitrogens with zero attached hydrogens (tertiary/aromatic N) is 1. The summed E-state index contributed by atoms with van der Waals surface area (Å²) in [5, 5.41) is 14.4. The molecule has 0 aromatic carbocycles. The molecule has 0 atom stereocenters. The first-order valence-electron chi connectivity index (χ1n) is 5.17. The molecule has 2 rings (SSSR count). The van der Waals surface area contributed by atoms with Gasteiger partial charge in [-0.05, 0) is 12.8 Å². The van der Waals surface area contributed by atoms with Gasteiger partial charge in [-0.15, -0.1) is 0 Å². The summed E-state index contributed by atoms with van der Waals surface area (Å²) in [4.78, 5) is 11.4. The maximum atomic E-state index is 11.4. The Morgan fingerprint density at radius 1 is 1.33 bits per heavy atom. The molecule has 0 aromatic rings. The van der Waals surface area contributed by atoms with Crippen molar-refractivity contribution >= 4 is 6.03 Å². The van der Waals surface area contributed by atoms with Crippen molar-refractivity contribution in [1.29, 1.82) is 5.26 Å². The first-order chi connectivity index (χ1) is 7.18. The molecular weight excluding hydrogens is 192 g/mol. The van der Waals surface area contributed by atoms with E-state index in [0.717, 1.165) is 32.1 Å². The van der Waals surface area contributed by atoms with E-state index in [9.17, 15) is 4.79 Å². The minimum atomic E-state index is -0.501. The van der Waals surface area contributed by atoms with Crippen LogP contribution in [0.25, 0.3) is 0 Å². The molecule has 2 aliphatic rings. The van der Waals surface area contributed by atoms with E-state index in [-0.39, 0.29) is 11.9 Å². The van der Waals surface area contributed by atoms with Gasteiger partial charge in [0.25, 0.3) is 0 Å². The van der Waals surface area contributed by atoms with Gasteiger partial charge < -0.3 is 11.1 Å². The number of urea groups is 1. The maximum absolute atomic E-state index is 11.4. The molecule has 1 aliphatic carbocycles. The normalized spacial score (nSPS) is 24.3. The maximum Gasteiger partial charge on any atom is 0.321 e. The first kappa shape index (κ1) is 9.84. The van der Waals surface area contributed by atoms with Crippen LogP contribution in [0.3, 0.4) is 0 Å². The lowest BCUT2D eigenvalue weighted by molar-refractivity contribution is 0.213. The minimum absolute atomic E-state index is 0.211. The third-order valence-electron chi connectivity index (χ3n) is 3.17. The lowest BCUT2D eigenvalue weighted by Crippen LogP contribution is -2.59. The first-order valence-corrected chi connectivity index (χ1v) is 5.17. The van der Waals surface area contributed by atoms with Crippen molar-refractivity contribution in [3.05, 3.63) is 11.4 Å². The van der Waals surface area contributed by atoms with Crippen molar-refractivity contribution in [3.8, 4) is 6.07 Å². The predicted molar refractivity (Wildman–Crippen MR) is 54.3 cm³/mol. The second-order valence-electron chi connectivity index (χ2n) is 4.12. The number of nitriles is 1. The van der Waals surface area contributed by atoms with Gasteiger partial charge >= 0.3 is 6.03 Å². The van der Waals surface area contributed by atoms with E-state index in [4.69, 9.17) is 11.0 Å². The van der Waals surface area contributed by atoms with Crippen molar-refractivity contribution in [3.63, 3.8) is 0 Å². The zero-order valence-corrected chi connectivity index (χ0v) is 8.47. The van der Waals surface area contributed by atoms with Crippen LogP contribution in [0, 0.1) is 11.3 Å². The van der Waals surface area contributed by atoms with Gasteiger partial charge in [0.15, 0.2) is 0 Å². The quantitative estimate of drug-likeness (QED) is 0.544. The van der Waals surface area contributed by atoms with Gasteiger partial charge in [-0.3, -0.25) is 5.32 Å². The molecule has 1 fully saturated rings. The van der Waals surface area contributed by atoms with Gasteiger partial charge in [-0.1, -0.05) is 19.3 Å². The molecule has 2 amide bonds. The Morgan fingerprint density at radius 2 is 2.00 bits per heavy atom. The van der Waals surface area contributed by atoms with Gasteiger partial charge in [0.2, 0.25) is 0 Å². The van der Waals surface area contributed by atoms with Gasteiger partial charge in [-0.2, -0.15) is 5.26 Å². The number of nitrogens with two attached hydrogens (primary N) is 1. The SMILES string of the molecule is N#CC1=C(N)NC(=O)NC12CCCCC2. The van der Waals surface area contributed by atoms with Crippen LogP contribution in [0.1, 0.15) is 32.1 Å². The summed E-state index contributed by atoms with van der Waals surface area (Å²) in [6.07, 6.45) is 4.83. The number of hydrogen-bond donors (Lipinski definition) is 3. The van der Waals surface area contributed by atoms with Crippen LogP contribution in [-0.4, -0.2) is 11.6 Å². The Morgan fingerprint density at radius 3 is 2.60 bits per heavy atom. The van der Waals surface area contributed by atoms with E-state index in [1.807, 2.05) is 0 Å². The Balaban J connectivity index is 2.40. The molecule has 1 spiro atoms. The molecule has 0 radical (unpaired) electrons. The van der Waals surface area contributed by atoms with Crippen LogP contribution in [0.4, 0.5) is 4.79 Å². The summed E-state index contributed by atoms with van der Waals surface area (Å²) in [5.74, 6) is 0.211. The van der Waals surface area contributed by atoms with Gasteiger partial charge in [0.1, 0.15) is 11.9 Å². The average Bonchev–Trinajstić information content (AvgIpc) is 2.18. The number of rotatable bonds is 0. The molecule has 0 aromatic heterocycles. The van der Waals surface area contributed by atoms with Crippen molar-refractivity contribution in [2.75, 3.05) is 0 Å². The molecule has 1 aliphatic heterocycles. The zero-order chi connectivity index (χ0) is 10.9. The molecule has 80 valence electrons. The third kappa shape index (κ3) is 1.52. The average molecular weight is 206 g/mol. The van der Waals surface area contributed by atoms with E-state index >= 15 is 0 Å². The van der Waals surface area contributed by atoms with Gasteiger partial charge in [-0.25, -0.2) is 4.79 Å². The Kier molecular flexibility index (Phi) is 2.27. The highest BCUT2D eigenvalue weighted by molar-refractivity contribution is 5.80. The van der Waals surface area contributed by atoms with Crippen LogP contribution in [0.15, 0.2) is 11.4 Å². The summed E-state index contributed by atoms with van der Waals surface area (Å²) in [6, 6.07) is 1.81. The van der Waals surface area contributed by atoms with E-state index in [1.54, 1.807) is 0 Å². The minimum Gasteiger partial charge on any atom is -0.384 e. The van der Waals surface area contributed by atoms with Crippen LogP contribution >= 0.6 is 0 Å². The number of hydrogen-bond acceptors (Lipinski definition) is 3. The van der Waals surface area contributed by atoms with Gasteiger partial charge in [0.05, 0.1) is 11.1 Å². The summed E-state index contributed by atoms with van der Waals surface area (Å²) in [5.41, 5.74) is 5.66. The Bertz CT molecular complexity index is 360. The van der Waals surface area contributed by atoms with Crippen molar-refractivity contribution in [1.82, 2.24) is 10.6 Å². The zero-order valence-electron chi connectivity index (χ0n) is 8.47. The third-order valence-corrected chi connectivity index (χ3v) is 3.17. The molecular formula is C10H14N4O. The molecule has 0 bridgehead atoms. The van der Waals surface area contributed by atoms with E-state index in [0.29, 0.717) is 5.57 Å². The summed E-state index contributed by atoms with van der Waals surface area (Å²) < 4.78 is 0. The highest BCUT2D eigenvalue weighted by atomic mass is 16.2. The molecule has 0 unspecified atom stereocenters.